The predicted octanol–water partition coefficient (Wildman–Crippen LogP) is 3.02. The summed E-state index contributed by atoms with van der Waals surface area (Å²) in [7, 11) is 1.87. The van der Waals surface area contributed by atoms with E-state index in [9.17, 15) is 4.79 Å². The van der Waals surface area contributed by atoms with Crippen LogP contribution in [-0.4, -0.2) is 56.8 Å². The second kappa shape index (κ2) is 7.98. The van der Waals surface area contributed by atoms with Crippen LogP contribution in [0.15, 0.2) is 42.6 Å². The number of amides is 2. The summed E-state index contributed by atoms with van der Waals surface area (Å²) in [5.41, 5.74) is 3.75. The van der Waals surface area contributed by atoms with Crippen LogP contribution in [0.4, 0.5) is 10.5 Å². The Balaban J connectivity index is 1.38. The molecule has 2 aromatic heterocycles. The van der Waals surface area contributed by atoms with Crippen LogP contribution in [0.1, 0.15) is 17.7 Å². The van der Waals surface area contributed by atoms with Crippen molar-refractivity contribution in [3.63, 3.8) is 0 Å². The van der Waals surface area contributed by atoms with Crippen molar-refractivity contribution in [3.8, 4) is 0 Å². The van der Waals surface area contributed by atoms with Gasteiger partial charge >= 0.3 is 6.03 Å². The summed E-state index contributed by atoms with van der Waals surface area (Å²) < 4.78 is 1.76. The first-order chi connectivity index (χ1) is 13.6. The lowest BCUT2D eigenvalue weighted by atomic mass is 10.2. The normalized spacial score (nSPS) is 15.6. The third kappa shape index (κ3) is 3.99. The third-order valence-electron chi connectivity index (χ3n) is 5.24. The lowest BCUT2D eigenvalue weighted by molar-refractivity contribution is 0.211. The average molecular weight is 378 g/mol. The molecule has 1 aliphatic heterocycles. The van der Waals surface area contributed by atoms with Gasteiger partial charge in [0.15, 0.2) is 5.65 Å². The third-order valence-corrected chi connectivity index (χ3v) is 5.24. The molecule has 4 rings (SSSR count). The largest absolute Gasteiger partial charge is 0.323 e. The molecule has 1 aromatic carbocycles. The van der Waals surface area contributed by atoms with Crippen LogP contribution in [0.3, 0.4) is 0 Å². The molecule has 2 amide bonds. The Morgan fingerprint density at radius 3 is 2.79 bits per heavy atom. The van der Waals surface area contributed by atoms with Crippen molar-refractivity contribution in [1.82, 2.24) is 24.6 Å². The number of rotatable bonds is 3. The number of hydrogen-bond donors (Lipinski definition) is 1. The van der Waals surface area contributed by atoms with Crippen LogP contribution in [0.5, 0.6) is 0 Å². The molecule has 0 spiro atoms. The van der Waals surface area contributed by atoms with E-state index in [4.69, 9.17) is 0 Å². The van der Waals surface area contributed by atoms with E-state index in [2.05, 4.69) is 44.6 Å². The molecule has 0 aliphatic carbocycles. The minimum Gasteiger partial charge on any atom is -0.323 e. The molecule has 1 saturated heterocycles. The van der Waals surface area contributed by atoms with E-state index in [0.717, 1.165) is 55.9 Å². The van der Waals surface area contributed by atoms with E-state index in [1.165, 1.54) is 5.56 Å². The van der Waals surface area contributed by atoms with Gasteiger partial charge in [-0.2, -0.15) is 5.10 Å². The molecule has 0 saturated carbocycles. The van der Waals surface area contributed by atoms with Gasteiger partial charge in [-0.05, 0) is 25.0 Å². The summed E-state index contributed by atoms with van der Waals surface area (Å²) in [6.45, 7) is 6.24. The van der Waals surface area contributed by atoms with Gasteiger partial charge in [0.1, 0.15) is 0 Å². The molecular formula is C21H26N6O. The summed E-state index contributed by atoms with van der Waals surface area (Å²) >= 11 is 0. The Morgan fingerprint density at radius 2 is 1.96 bits per heavy atom. The second-order valence-electron chi connectivity index (χ2n) is 7.34. The minimum absolute atomic E-state index is 0.0655. The SMILES string of the molecule is Cc1nn(C)c2ncc(NC(=O)N3CCCN(Cc4ccccc4)CC3)cc12. The maximum Gasteiger partial charge on any atom is 0.321 e. The number of nitrogens with one attached hydrogen (secondary N) is 1. The van der Waals surface area contributed by atoms with Gasteiger partial charge in [-0.1, -0.05) is 30.3 Å². The molecule has 0 radical (unpaired) electrons. The molecule has 7 nitrogen and oxygen atoms in total. The van der Waals surface area contributed by atoms with Crippen molar-refractivity contribution in [2.24, 2.45) is 7.05 Å². The first-order valence-electron chi connectivity index (χ1n) is 9.72. The van der Waals surface area contributed by atoms with E-state index >= 15 is 0 Å². The van der Waals surface area contributed by atoms with Gasteiger partial charge in [0.05, 0.1) is 17.6 Å². The van der Waals surface area contributed by atoms with E-state index in [1.807, 2.05) is 31.0 Å². The van der Waals surface area contributed by atoms with E-state index < -0.39 is 0 Å². The summed E-state index contributed by atoms with van der Waals surface area (Å²) in [5.74, 6) is 0. The molecule has 3 aromatic rings. The van der Waals surface area contributed by atoms with Crippen LogP contribution in [0, 0.1) is 6.92 Å². The first kappa shape index (κ1) is 18.4. The van der Waals surface area contributed by atoms with E-state index in [1.54, 1.807) is 10.9 Å². The van der Waals surface area contributed by atoms with Crippen LogP contribution >= 0.6 is 0 Å². The fourth-order valence-electron chi connectivity index (χ4n) is 3.75. The molecule has 1 N–H and O–H groups in total. The number of urea groups is 1. The van der Waals surface area contributed by atoms with E-state index in [0.29, 0.717) is 5.69 Å². The maximum absolute atomic E-state index is 12.8. The Hall–Kier alpha value is -2.93. The van der Waals surface area contributed by atoms with Crippen molar-refractivity contribution in [2.75, 3.05) is 31.5 Å². The highest BCUT2D eigenvalue weighted by Gasteiger charge is 2.19. The van der Waals surface area contributed by atoms with Gasteiger partial charge < -0.3 is 10.2 Å². The van der Waals surface area contributed by atoms with Crippen LogP contribution in [0.2, 0.25) is 0 Å². The Labute approximate surface area is 165 Å². The lowest BCUT2D eigenvalue weighted by Crippen LogP contribution is -2.38. The van der Waals surface area contributed by atoms with Crippen molar-refractivity contribution >= 4 is 22.8 Å². The van der Waals surface area contributed by atoms with Gasteiger partial charge in [0.25, 0.3) is 0 Å². The Bertz CT molecular complexity index is 968. The number of hydrogen-bond acceptors (Lipinski definition) is 4. The second-order valence-corrected chi connectivity index (χ2v) is 7.34. The fraction of sp³-hybridized carbons (Fsp3) is 0.381. The summed E-state index contributed by atoms with van der Waals surface area (Å²) in [5, 5.41) is 8.35. The molecule has 1 aliphatic rings. The van der Waals surface area contributed by atoms with Crippen LogP contribution in [-0.2, 0) is 13.6 Å². The number of nitrogens with zero attached hydrogens (tertiary/aromatic N) is 5. The smallest absolute Gasteiger partial charge is 0.321 e. The zero-order valence-corrected chi connectivity index (χ0v) is 16.4. The number of carbonyl (C=O) groups excluding carboxylic acids is 1. The molecule has 146 valence electrons. The highest BCUT2D eigenvalue weighted by Crippen LogP contribution is 2.20. The van der Waals surface area contributed by atoms with Crippen molar-refractivity contribution in [2.45, 2.75) is 19.9 Å². The molecule has 1 fully saturated rings. The summed E-state index contributed by atoms with van der Waals surface area (Å²) in [4.78, 5) is 21.5. The Morgan fingerprint density at radius 1 is 1.14 bits per heavy atom. The number of benzene rings is 1. The first-order valence-corrected chi connectivity index (χ1v) is 9.72. The molecule has 0 atom stereocenters. The monoisotopic (exact) mass is 378 g/mol. The zero-order valence-electron chi connectivity index (χ0n) is 16.4. The number of anilines is 1. The number of fused-ring (bicyclic) bond motifs is 1. The Kier molecular flexibility index (Phi) is 5.25. The maximum atomic E-state index is 12.8. The van der Waals surface area contributed by atoms with E-state index in [-0.39, 0.29) is 6.03 Å². The van der Waals surface area contributed by atoms with Crippen molar-refractivity contribution in [3.05, 3.63) is 53.9 Å². The van der Waals surface area contributed by atoms with Crippen LogP contribution in [0.25, 0.3) is 11.0 Å². The number of pyridine rings is 1. The number of carbonyl (C=O) groups is 1. The quantitative estimate of drug-likeness (QED) is 0.761. The molecule has 0 bridgehead atoms. The molecule has 28 heavy (non-hydrogen) atoms. The average Bonchev–Trinajstić information content (AvgIpc) is 2.86. The van der Waals surface area contributed by atoms with Gasteiger partial charge in [0.2, 0.25) is 0 Å². The standard InChI is InChI=1S/C21H26N6O/c1-16-19-13-18(14-22-20(19)25(2)24-16)23-21(28)27-10-6-9-26(11-12-27)15-17-7-4-3-5-8-17/h3-5,7-8,13-14H,6,9-12,15H2,1-2H3,(H,23,28). The fourth-order valence-corrected chi connectivity index (χ4v) is 3.75. The van der Waals surface area contributed by atoms with Gasteiger partial charge in [-0.15, -0.1) is 0 Å². The summed E-state index contributed by atoms with van der Waals surface area (Å²) in [6.07, 6.45) is 2.67. The van der Waals surface area contributed by atoms with Gasteiger partial charge in [-0.3, -0.25) is 9.58 Å². The predicted molar refractivity (Wildman–Crippen MR) is 110 cm³/mol. The summed E-state index contributed by atoms with van der Waals surface area (Å²) in [6, 6.07) is 12.4. The van der Waals surface area contributed by atoms with Crippen LogP contribution < -0.4 is 5.32 Å². The molecular weight excluding hydrogens is 352 g/mol. The van der Waals surface area contributed by atoms with Gasteiger partial charge in [0, 0.05) is 45.2 Å². The highest BCUT2D eigenvalue weighted by atomic mass is 16.2. The lowest BCUT2D eigenvalue weighted by Gasteiger charge is -2.22. The van der Waals surface area contributed by atoms with Crippen molar-refractivity contribution < 1.29 is 4.79 Å². The number of aryl methyl sites for hydroxylation is 2. The highest BCUT2D eigenvalue weighted by molar-refractivity contribution is 5.92. The minimum atomic E-state index is -0.0655. The topological polar surface area (TPSA) is 66.3 Å². The molecule has 7 heteroatoms. The molecule has 0 unspecified atom stereocenters. The molecule has 3 heterocycles. The zero-order chi connectivity index (χ0) is 19.5. The van der Waals surface area contributed by atoms with Crippen molar-refractivity contribution in [1.29, 1.82) is 0 Å². The van der Waals surface area contributed by atoms with Gasteiger partial charge in [-0.25, -0.2) is 9.78 Å². The number of aromatic nitrogens is 3.